The molecule has 5 rings (SSSR count). The first-order chi connectivity index (χ1) is 17.0. The van der Waals surface area contributed by atoms with E-state index in [1.165, 1.54) is 0 Å². The van der Waals surface area contributed by atoms with Crippen molar-refractivity contribution in [3.63, 3.8) is 0 Å². The van der Waals surface area contributed by atoms with Crippen molar-refractivity contribution in [2.24, 2.45) is 0 Å². The molecule has 8 nitrogen and oxygen atoms in total. The van der Waals surface area contributed by atoms with Gasteiger partial charge in [0, 0.05) is 43.0 Å². The number of nitrogens with zero attached hydrogens (tertiary/aromatic N) is 4. The first-order valence-corrected chi connectivity index (χ1v) is 11.6. The number of likely N-dealkylation sites (tertiary alicyclic amines) is 1. The normalized spacial score (nSPS) is 17.5. The minimum Gasteiger partial charge on any atom is -0.495 e. The van der Waals surface area contributed by atoms with Crippen LogP contribution in [0.2, 0.25) is 0 Å². The van der Waals surface area contributed by atoms with E-state index < -0.39 is 0 Å². The summed E-state index contributed by atoms with van der Waals surface area (Å²) in [5.74, 6) is 1.38. The minimum absolute atomic E-state index is 0.0238. The standard InChI is InChI=1S/C27H29N5O3/c1-17(2)32-14-20(13-29-32)21-7-5-6-19-12-28-26(11-22(19)21)30-23-9-8-18(10-24(23)34-3)27-25(35-4)15-31(27)16-33/h5-14,16-17,25,27H,15H2,1-4H3,(H,28,30). The van der Waals surface area contributed by atoms with Crippen LogP contribution >= 0.6 is 0 Å². The lowest BCUT2D eigenvalue weighted by molar-refractivity contribution is -0.140. The molecule has 0 bridgehead atoms. The zero-order chi connectivity index (χ0) is 24.5. The maximum absolute atomic E-state index is 11.4. The van der Waals surface area contributed by atoms with Gasteiger partial charge in [0.2, 0.25) is 6.41 Å². The summed E-state index contributed by atoms with van der Waals surface area (Å²) in [6.45, 7) is 4.81. The van der Waals surface area contributed by atoms with Gasteiger partial charge in [-0.1, -0.05) is 24.3 Å². The zero-order valence-corrected chi connectivity index (χ0v) is 20.3. The lowest BCUT2D eigenvalue weighted by Gasteiger charge is -2.45. The van der Waals surface area contributed by atoms with Gasteiger partial charge in [-0.15, -0.1) is 0 Å². The van der Waals surface area contributed by atoms with Crippen LogP contribution in [0, 0.1) is 0 Å². The van der Waals surface area contributed by atoms with Gasteiger partial charge in [0.1, 0.15) is 11.6 Å². The molecule has 0 spiro atoms. The van der Waals surface area contributed by atoms with Crippen LogP contribution in [0.5, 0.6) is 5.75 Å². The number of amides is 1. The molecule has 35 heavy (non-hydrogen) atoms. The molecule has 0 radical (unpaired) electrons. The molecule has 1 saturated heterocycles. The highest BCUT2D eigenvalue weighted by molar-refractivity contribution is 5.97. The minimum atomic E-state index is -0.117. The third-order valence-corrected chi connectivity index (χ3v) is 6.57. The number of ether oxygens (including phenoxy) is 2. The van der Waals surface area contributed by atoms with E-state index in [0.29, 0.717) is 24.2 Å². The van der Waals surface area contributed by atoms with Crippen LogP contribution in [0.4, 0.5) is 11.5 Å². The van der Waals surface area contributed by atoms with Crippen molar-refractivity contribution < 1.29 is 14.3 Å². The average molecular weight is 472 g/mol. The Morgan fingerprint density at radius 3 is 2.71 bits per heavy atom. The maximum atomic E-state index is 11.4. The molecular formula is C27H29N5O3. The summed E-state index contributed by atoms with van der Waals surface area (Å²) in [6, 6.07) is 14.3. The van der Waals surface area contributed by atoms with E-state index in [1.54, 1.807) is 19.1 Å². The summed E-state index contributed by atoms with van der Waals surface area (Å²) in [6.07, 6.45) is 6.68. The van der Waals surface area contributed by atoms with Crippen molar-refractivity contribution in [3.8, 4) is 16.9 Å². The number of anilines is 2. The Kier molecular flexibility index (Phi) is 6.13. The zero-order valence-electron chi connectivity index (χ0n) is 20.3. The van der Waals surface area contributed by atoms with Crippen LogP contribution in [0.15, 0.2) is 61.1 Å². The van der Waals surface area contributed by atoms with Gasteiger partial charge in [-0.2, -0.15) is 5.10 Å². The summed E-state index contributed by atoms with van der Waals surface area (Å²) < 4.78 is 13.1. The maximum Gasteiger partial charge on any atom is 0.210 e. The van der Waals surface area contributed by atoms with E-state index in [1.807, 2.05) is 47.4 Å². The van der Waals surface area contributed by atoms with Crippen molar-refractivity contribution in [3.05, 3.63) is 66.6 Å². The van der Waals surface area contributed by atoms with Gasteiger partial charge in [0.05, 0.1) is 31.1 Å². The second-order valence-corrected chi connectivity index (χ2v) is 9.00. The molecule has 2 aromatic carbocycles. The number of carbonyl (C=O) groups excluding carboxylic acids is 1. The Morgan fingerprint density at radius 2 is 2.00 bits per heavy atom. The van der Waals surface area contributed by atoms with Gasteiger partial charge in [0.25, 0.3) is 0 Å². The Hall–Kier alpha value is -3.91. The van der Waals surface area contributed by atoms with Gasteiger partial charge in [0.15, 0.2) is 0 Å². The molecule has 1 aliphatic heterocycles. The Balaban J connectivity index is 1.47. The van der Waals surface area contributed by atoms with Crippen molar-refractivity contribution >= 4 is 28.7 Å². The molecule has 3 heterocycles. The smallest absolute Gasteiger partial charge is 0.210 e. The Morgan fingerprint density at radius 1 is 1.14 bits per heavy atom. The van der Waals surface area contributed by atoms with E-state index in [9.17, 15) is 4.79 Å². The Bertz CT molecular complexity index is 1370. The van der Waals surface area contributed by atoms with E-state index in [2.05, 4.69) is 47.6 Å². The van der Waals surface area contributed by atoms with Crippen LogP contribution < -0.4 is 10.1 Å². The highest BCUT2D eigenvalue weighted by atomic mass is 16.5. The van der Waals surface area contributed by atoms with E-state index in [-0.39, 0.29) is 12.1 Å². The number of aromatic nitrogens is 3. The van der Waals surface area contributed by atoms with Crippen LogP contribution in [0.3, 0.4) is 0 Å². The fourth-order valence-electron chi connectivity index (χ4n) is 4.60. The van der Waals surface area contributed by atoms with Gasteiger partial charge in [-0.05, 0) is 48.6 Å². The SMILES string of the molecule is COc1cc(C2C(OC)CN2C=O)ccc1Nc1cc2c(-c3cnn(C(C)C)c3)cccc2cn1. The molecule has 2 unspecified atom stereocenters. The number of methoxy groups -OCH3 is 2. The molecule has 1 N–H and O–H groups in total. The van der Waals surface area contributed by atoms with Crippen molar-refractivity contribution in [2.75, 3.05) is 26.1 Å². The number of hydrogen-bond acceptors (Lipinski definition) is 6. The van der Waals surface area contributed by atoms with Gasteiger partial charge in [-0.25, -0.2) is 4.98 Å². The number of nitrogens with one attached hydrogen (secondary N) is 1. The highest BCUT2D eigenvalue weighted by Crippen LogP contribution is 2.39. The summed E-state index contributed by atoms with van der Waals surface area (Å²) in [7, 11) is 3.30. The molecule has 2 atom stereocenters. The second kappa shape index (κ2) is 9.38. The van der Waals surface area contributed by atoms with Crippen LogP contribution in [0.1, 0.15) is 31.5 Å². The van der Waals surface area contributed by atoms with E-state index in [4.69, 9.17) is 9.47 Å². The topological polar surface area (TPSA) is 81.5 Å². The summed E-state index contributed by atoms with van der Waals surface area (Å²) in [4.78, 5) is 17.7. The quantitative estimate of drug-likeness (QED) is 0.366. The molecular weight excluding hydrogens is 442 g/mol. The van der Waals surface area contributed by atoms with Gasteiger partial charge < -0.3 is 19.7 Å². The number of hydrogen-bond donors (Lipinski definition) is 1. The fraction of sp³-hybridized carbons (Fsp3) is 0.296. The number of pyridine rings is 1. The molecule has 1 amide bonds. The van der Waals surface area contributed by atoms with E-state index >= 15 is 0 Å². The van der Waals surface area contributed by atoms with Crippen molar-refractivity contribution in [1.29, 1.82) is 0 Å². The highest BCUT2D eigenvalue weighted by Gasteiger charge is 2.39. The van der Waals surface area contributed by atoms with Crippen molar-refractivity contribution in [2.45, 2.75) is 32.0 Å². The molecule has 0 aliphatic carbocycles. The largest absolute Gasteiger partial charge is 0.495 e. The molecule has 4 aromatic rings. The monoisotopic (exact) mass is 471 g/mol. The van der Waals surface area contributed by atoms with Crippen LogP contribution in [-0.4, -0.2) is 52.9 Å². The number of carbonyl (C=O) groups is 1. The third kappa shape index (κ3) is 4.21. The molecule has 2 aromatic heterocycles. The summed E-state index contributed by atoms with van der Waals surface area (Å²) in [5, 5.41) is 10.0. The summed E-state index contributed by atoms with van der Waals surface area (Å²) in [5.41, 5.74) is 3.93. The van der Waals surface area contributed by atoms with Gasteiger partial charge >= 0.3 is 0 Å². The predicted octanol–water partition coefficient (Wildman–Crippen LogP) is 4.96. The van der Waals surface area contributed by atoms with Crippen molar-refractivity contribution in [1.82, 2.24) is 19.7 Å². The first kappa shape index (κ1) is 22.9. The van der Waals surface area contributed by atoms with E-state index in [0.717, 1.165) is 39.6 Å². The predicted molar refractivity (Wildman–Crippen MR) is 136 cm³/mol. The number of benzene rings is 2. The number of fused-ring (bicyclic) bond motifs is 1. The molecule has 1 fully saturated rings. The second-order valence-electron chi connectivity index (χ2n) is 9.00. The Labute approximate surface area is 204 Å². The first-order valence-electron chi connectivity index (χ1n) is 11.6. The lowest BCUT2D eigenvalue weighted by atomic mass is 9.92. The lowest BCUT2D eigenvalue weighted by Crippen LogP contribution is -2.53. The molecule has 1 aliphatic rings. The number of rotatable bonds is 8. The van der Waals surface area contributed by atoms with Crippen LogP contribution in [-0.2, 0) is 9.53 Å². The average Bonchev–Trinajstić information content (AvgIpc) is 3.35. The molecule has 0 saturated carbocycles. The molecule has 8 heteroatoms. The fourth-order valence-corrected chi connectivity index (χ4v) is 4.60. The third-order valence-electron chi connectivity index (χ3n) is 6.57. The van der Waals surface area contributed by atoms with Gasteiger partial charge in [-0.3, -0.25) is 9.48 Å². The van der Waals surface area contributed by atoms with Crippen LogP contribution in [0.25, 0.3) is 21.9 Å². The molecule has 180 valence electrons. The summed E-state index contributed by atoms with van der Waals surface area (Å²) >= 11 is 0.